The summed E-state index contributed by atoms with van der Waals surface area (Å²) in [6, 6.07) is 8.00. The number of hydrogen-bond donors (Lipinski definition) is 1. The molecule has 0 radical (unpaired) electrons. The van der Waals surface area contributed by atoms with Gasteiger partial charge >= 0.3 is 0 Å². The fraction of sp³-hybridized carbons (Fsp3) is 0.630. The second kappa shape index (κ2) is 11.1. The molecular formula is C27H38N6O3. The van der Waals surface area contributed by atoms with Crippen LogP contribution in [0.3, 0.4) is 0 Å². The molecule has 2 fully saturated rings. The third-order valence-electron chi connectivity index (χ3n) is 7.69. The van der Waals surface area contributed by atoms with Crippen LogP contribution in [0.25, 0.3) is 10.9 Å². The Morgan fingerprint density at radius 1 is 1.17 bits per heavy atom. The number of tetrazole rings is 1. The van der Waals surface area contributed by atoms with Crippen molar-refractivity contribution in [2.24, 2.45) is 5.92 Å². The van der Waals surface area contributed by atoms with Gasteiger partial charge in [-0.1, -0.05) is 33.1 Å². The molecule has 1 aliphatic carbocycles. The van der Waals surface area contributed by atoms with Crippen LogP contribution in [0.4, 0.5) is 0 Å². The third kappa shape index (κ3) is 5.32. The molecule has 2 atom stereocenters. The van der Waals surface area contributed by atoms with Crippen molar-refractivity contribution >= 4 is 10.9 Å². The molecule has 2 aliphatic rings. The van der Waals surface area contributed by atoms with Gasteiger partial charge in [-0.2, -0.15) is 0 Å². The Labute approximate surface area is 212 Å². The molecule has 0 bridgehead atoms. The summed E-state index contributed by atoms with van der Waals surface area (Å²) >= 11 is 0. The second-order valence-electron chi connectivity index (χ2n) is 10.6. The lowest BCUT2D eigenvalue weighted by molar-refractivity contribution is 0.0375. The molecule has 1 N–H and O–H groups in total. The molecule has 1 saturated carbocycles. The Balaban J connectivity index is 1.51. The maximum atomic E-state index is 13.2. The number of pyridine rings is 1. The third-order valence-corrected chi connectivity index (χ3v) is 7.69. The lowest BCUT2D eigenvalue weighted by atomic mass is 9.94. The van der Waals surface area contributed by atoms with E-state index in [0.717, 1.165) is 66.9 Å². The summed E-state index contributed by atoms with van der Waals surface area (Å²) < 4.78 is 13.5. The first-order valence-corrected chi connectivity index (χ1v) is 13.4. The predicted octanol–water partition coefficient (Wildman–Crippen LogP) is 4.41. The van der Waals surface area contributed by atoms with Crippen molar-refractivity contribution in [3.8, 4) is 5.75 Å². The largest absolute Gasteiger partial charge is 0.497 e. The van der Waals surface area contributed by atoms with E-state index in [1.807, 2.05) is 24.3 Å². The van der Waals surface area contributed by atoms with E-state index < -0.39 is 0 Å². The van der Waals surface area contributed by atoms with Crippen molar-refractivity contribution in [3.05, 3.63) is 46.0 Å². The van der Waals surface area contributed by atoms with Crippen LogP contribution in [0.15, 0.2) is 29.1 Å². The normalized spacial score (nSPS) is 20.0. The molecular weight excluding hydrogens is 456 g/mol. The summed E-state index contributed by atoms with van der Waals surface area (Å²) in [6.45, 7) is 6.44. The summed E-state index contributed by atoms with van der Waals surface area (Å²) in [5, 5.41) is 14.1. The zero-order chi connectivity index (χ0) is 25.1. The van der Waals surface area contributed by atoms with Crippen LogP contribution in [-0.2, 0) is 11.3 Å². The van der Waals surface area contributed by atoms with Gasteiger partial charge in [-0.25, -0.2) is 4.68 Å². The van der Waals surface area contributed by atoms with Crippen molar-refractivity contribution in [2.75, 3.05) is 20.3 Å². The maximum Gasteiger partial charge on any atom is 0.252 e. The van der Waals surface area contributed by atoms with Crippen LogP contribution >= 0.6 is 0 Å². The molecule has 194 valence electrons. The van der Waals surface area contributed by atoms with Crippen molar-refractivity contribution in [2.45, 2.75) is 83.5 Å². The lowest BCUT2D eigenvalue weighted by Gasteiger charge is -2.36. The van der Waals surface area contributed by atoms with E-state index in [0.29, 0.717) is 12.6 Å². The highest BCUT2D eigenvalue weighted by Gasteiger charge is 2.34. The van der Waals surface area contributed by atoms with Crippen molar-refractivity contribution < 1.29 is 9.47 Å². The zero-order valence-corrected chi connectivity index (χ0v) is 21.7. The molecule has 36 heavy (non-hydrogen) atoms. The molecule has 0 unspecified atom stereocenters. The van der Waals surface area contributed by atoms with Crippen LogP contribution in [0.1, 0.15) is 82.3 Å². The molecule has 9 nitrogen and oxygen atoms in total. The van der Waals surface area contributed by atoms with Gasteiger partial charge in [0.15, 0.2) is 5.82 Å². The van der Waals surface area contributed by atoms with E-state index in [1.54, 1.807) is 7.11 Å². The van der Waals surface area contributed by atoms with Crippen molar-refractivity contribution in [1.29, 1.82) is 0 Å². The molecule has 1 aromatic carbocycles. The van der Waals surface area contributed by atoms with Gasteiger partial charge in [0.05, 0.1) is 25.3 Å². The minimum atomic E-state index is -0.0700. The van der Waals surface area contributed by atoms with Crippen LogP contribution in [0.5, 0.6) is 5.75 Å². The molecule has 0 amide bonds. The van der Waals surface area contributed by atoms with Gasteiger partial charge in [-0.3, -0.25) is 9.69 Å². The number of aromatic nitrogens is 5. The van der Waals surface area contributed by atoms with E-state index >= 15 is 0 Å². The molecule has 1 saturated heterocycles. The second-order valence-corrected chi connectivity index (χ2v) is 10.6. The van der Waals surface area contributed by atoms with E-state index in [2.05, 4.69) is 43.9 Å². The van der Waals surface area contributed by atoms with Gasteiger partial charge in [0.25, 0.3) is 5.56 Å². The Morgan fingerprint density at radius 2 is 2.00 bits per heavy atom. The van der Waals surface area contributed by atoms with Gasteiger partial charge in [0.2, 0.25) is 0 Å². The number of nitrogens with zero attached hydrogens (tertiary/aromatic N) is 5. The van der Waals surface area contributed by atoms with E-state index in [-0.39, 0.29) is 23.6 Å². The summed E-state index contributed by atoms with van der Waals surface area (Å²) in [5.74, 6) is 1.91. The molecule has 3 aromatic rings. The van der Waals surface area contributed by atoms with Gasteiger partial charge in [0.1, 0.15) is 5.75 Å². The number of H-pyrrole nitrogens is 1. The molecule has 1 aliphatic heterocycles. The quantitative estimate of drug-likeness (QED) is 0.471. The Morgan fingerprint density at radius 3 is 2.72 bits per heavy atom. The summed E-state index contributed by atoms with van der Waals surface area (Å²) in [4.78, 5) is 18.6. The smallest absolute Gasteiger partial charge is 0.252 e. The number of aromatic amines is 1. The predicted molar refractivity (Wildman–Crippen MR) is 138 cm³/mol. The molecule has 9 heteroatoms. The molecule has 3 heterocycles. The monoisotopic (exact) mass is 494 g/mol. The number of hydrogen-bond acceptors (Lipinski definition) is 7. The van der Waals surface area contributed by atoms with Crippen LogP contribution in [0, 0.1) is 5.92 Å². The SMILES string of the molecule is COc1ccc2[nH]c(=O)c(CN(C[C@@H]3CCCO3)[C@H](c3nnnn3C3CCCCC3)C(C)C)cc2c1. The first kappa shape index (κ1) is 24.9. The number of fused-ring (bicyclic) bond motifs is 1. The first-order valence-electron chi connectivity index (χ1n) is 13.4. The average molecular weight is 495 g/mol. The minimum Gasteiger partial charge on any atom is -0.497 e. The van der Waals surface area contributed by atoms with Gasteiger partial charge in [-0.05, 0) is 66.3 Å². The number of methoxy groups -OCH3 is 1. The van der Waals surface area contributed by atoms with Gasteiger partial charge in [-0.15, -0.1) is 5.10 Å². The summed E-state index contributed by atoms with van der Waals surface area (Å²) in [6.07, 6.45) is 8.17. The van der Waals surface area contributed by atoms with Crippen molar-refractivity contribution in [1.82, 2.24) is 30.1 Å². The average Bonchev–Trinajstić information content (AvgIpc) is 3.57. The van der Waals surface area contributed by atoms with Gasteiger partial charge < -0.3 is 14.5 Å². The fourth-order valence-electron chi connectivity index (χ4n) is 5.88. The number of benzene rings is 1. The molecule has 5 rings (SSSR count). The molecule has 2 aromatic heterocycles. The van der Waals surface area contributed by atoms with E-state index in [1.165, 1.54) is 19.3 Å². The lowest BCUT2D eigenvalue weighted by Crippen LogP contribution is -2.40. The van der Waals surface area contributed by atoms with Crippen LogP contribution < -0.4 is 10.3 Å². The summed E-state index contributed by atoms with van der Waals surface area (Å²) in [5.41, 5.74) is 1.45. The number of rotatable bonds is 9. The highest BCUT2D eigenvalue weighted by Crippen LogP contribution is 2.34. The van der Waals surface area contributed by atoms with E-state index in [9.17, 15) is 4.79 Å². The molecule has 0 spiro atoms. The zero-order valence-electron chi connectivity index (χ0n) is 21.7. The van der Waals surface area contributed by atoms with Crippen molar-refractivity contribution in [3.63, 3.8) is 0 Å². The Kier molecular flexibility index (Phi) is 7.67. The Bertz CT molecular complexity index is 1210. The summed E-state index contributed by atoms with van der Waals surface area (Å²) in [7, 11) is 1.65. The number of nitrogens with one attached hydrogen (secondary N) is 1. The first-order chi connectivity index (χ1) is 17.5. The van der Waals surface area contributed by atoms with Gasteiger partial charge in [0, 0.05) is 36.2 Å². The van der Waals surface area contributed by atoms with Crippen LogP contribution in [-0.4, -0.2) is 56.5 Å². The topological polar surface area (TPSA) is 98.2 Å². The maximum absolute atomic E-state index is 13.2. The minimum absolute atomic E-state index is 0.0356. The standard InChI is InChI=1S/C27H38N6O3/c1-18(2)25(26-29-30-31-33(26)21-8-5-4-6-9-21)32(17-23-10-7-13-36-23)16-20-14-19-15-22(35-3)11-12-24(19)28-27(20)34/h11-12,14-15,18,21,23,25H,4-10,13,16-17H2,1-3H3,(H,28,34)/t23-,25-/m0/s1. The van der Waals surface area contributed by atoms with E-state index in [4.69, 9.17) is 9.47 Å². The number of ether oxygens (including phenoxy) is 2. The fourth-order valence-corrected chi connectivity index (χ4v) is 5.88. The highest BCUT2D eigenvalue weighted by molar-refractivity contribution is 5.80. The Hall–Kier alpha value is -2.78. The van der Waals surface area contributed by atoms with Crippen LogP contribution in [0.2, 0.25) is 0 Å². The highest BCUT2D eigenvalue weighted by atomic mass is 16.5.